The van der Waals surface area contributed by atoms with Crippen molar-refractivity contribution in [2.45, 2.75) is 33.1 Å². The Morgan fingerprint density at radius 2 is 2.12 bits per heavy atom. The van der Waals surface area contributed by atoms with Gasteiger partial charge >= 0.3 is 0 Å². The molecule has 1 aliphatic rings. The second-order valence-electron chi connectivity index (χ2n) is 4.77. The molecule has 0 bridgehead atoms. The summed E-state index contributed by atoms with van der Waals surface area (Å²) < 4.78 is 0. The van der Waals surface area contributed by atoms with E-state index in [1.807, 2.05) is 18.2 Å². The van der Waals surface area contributed by atoms with Crippen LogP contribution in [0.3, 0.4) is 0 Å². The van der Waals surface area contributed by atoms with E-state index < -0.39 is 0 Å². The standard InChI is InChI=1S/C15H18O/c1-11(2)7-8-13-10-9-12-5-3-4-6-14(12)15(13)16/h3-7,13H,8-10H2,1-2H3/t13-/m1/s1. The molecule has 84 valence electrons. The molecule has 0 aromatic heterocycles. The molecule has 1 nitrogen and oxygen atoms in total. The zero-order chi connectivity index (χ0) is 11.5. The first-order valence-electron chi connectivity index (χ1n) is 5.94. The van der Waals surface area contributed by atoms with Crippen LogP contribution in [0.2, 0.25) is 0 Å². The first-order valence-corrected chi connectivity index (χ1v) is 5.94. The molecule has 0 N–H and O–H groups in total. The highest BCUT2D eigenvalue weighted by Gasteiger charge is 2.25. The summed E-state index contributed by atoms with van der Waals surface area (Å²) >= 11 is 0. The van der Waals surface area contributed by atoms with Gasteiger partial charge in [0.15, 0.2) is 5.78 Å². The average molecular weight is 214 g/mol. The average Bonchev–Trinajstić information content (AvgIpc) is 2.28. The van der Waals surface area contributed by atoms with Crippen LogP contribution in [0.15, 0.2) is 35.9 Å². The molecule has 0 unspecified atom stereocenters. The van der Waals surface area contributed by atoms with E-state index in [1.165, 1.54) is 11.1 Å². The van der Waals surface area contributed by atoms with Gasteiger partial charge < -0.3 is 0 Å². The Morgan fingerprint density at radius 1 is 1.38 bits per heavy atom. The van der Waals surface area contributed by atoms with Crippen LogP contribution >= 0.6 is 0 Å². The van der Waals surface area contributed by atoms with E-state index in [0.717, 1.165) is 24.8 Å². The monoisotopic (exact) mass is 214 g/mol. The van der Waals surface area contributed by atoms with Crippen LogP contribution in [0.1, 0.15) is 42.6 Å². The Hall–Kier alpha value is -1.37. The summed E-state index contributed by atoms with van der Waals surface area (Å²) in [5.41, 5.74) is 3.47. The van der Waals surface area contributed by atoms with Gasteiger partial charge in [0.2, 0.25) is 0 Å². The molecule has 1 heteroatoms. The van der Waals surface area contributed by atoms with Crippen molar-refractivity contribution in [3.8, 4) is 0 Å². The van der Waals surface area contributed by atoms with E-state index in [4.69, 9.17) is 0 Å². The molecule has 0 aliphatic heterocycles. The number of hydrogen-bond acceptors (Lipinski definition) is 1. The minimum atomic E-state index is 0.199. The molecule has 1 atom stereocenters. The number of aryl methyl sites for hydroxylation is 1. The smallest absolute Gasteiger partial charge is 0.166 e. The molecule has 0 saturated heterocycles. The summed E-state index contributed by atoms with van der Waals surface area (Å²) in [5, 5.41) is 0. The molecular formula is C15H18O. The van der Waals surface area contributed by atoms with Crippen molar-refractivity contribution in [2.75, 3.05) is 0 Å². The Bertz CT molecular complexity index is 425. The minimum absolute atomic E-state index is 0.199. The van der Waals surface area contributed by atoms with Gasteiger partial charge in [-0.2, -0.15) is 0 Å². The number of ketones is 1. The number of fused-ring (bicyclic) bond motifs is 1. The van der Waals surface area contributed by atoms with Gasteiger partial charge in [-0.1, -0.05) is 35.9 Å². The first kappa shape index (κ1) is 11.1. The number of carbonyl (C=O) groups excluding carboxylic acids is 1. The largest absolute Gasteiger partial charge is 0.294 e. The highest BCUT2D eigenvalue weighted by atomic mass is 16.1. The molecule has 0 fully saturated rings. The van der Waals surface area contributed by atoms with E-state index in [2.05, 4.69) is 26.0 Å². The summed E-state index contributed by atoms with van der Waals surface area (Å²) in [5.74, 6) is 0.532. The highest BCUT2D eigenvalue weighted by molar-refractivity contribution is 6.00. The quantitative estimate of drug-likeness (QED) is 0.684. The van der Waals surface area contributed by atoms with Crippen molar-refractivity contribution in [3.63, 3.8) is 0 Å². The molecule has 2 rings (SSSR count). The number of allylic oxidation sites excluding steroid dienone is 2. The normalized spacial score (nSPS) is 19.1. The van der Waals surface area contributed by atoms with Gasteiger partial charge in [0.1, 0.15) is 0 Å². The lowest BCUT2D eigenvalue weighted by molar-refractivity contribution is 0.0903. The van der Waals surface area contributed by atoms with Gasteiger partial charge in [0.05, 0.1) is 0 Å². The summed E-state index contributed by atoms with van der Waals surface area (Å²) in [6, 6.07) is 8.01. The van der Waals surface area contributed by atoms with Crippen LogP contribution in [-0.4, -0.2) is 5.78 Å². The second kappa shape index (κ2) is 4.65. The van der Waals surface area contributed by atoms with Crippen LogP contribution in [0, 0.1) is 5.92 Å². The molecule has 0 heterocycles. The van der Waals surface area contributed by atoms with Crippen molar-refractivity contribution in [1.29, 1.82) is 0 Å². The second-order valence-corrected chi connectivity index (χ2v) is 4.77. The van der Waals surface area contributed by atoms with Crippen molar-refractivity contribution in [3.05, 3.63) is 47.0 Å². The molecule has 0 amide bonds. The number of benzene rings is 1. The Kier molecular flexibility index (Phi) is 3.23. The lowest BCUT2D eigenvalue weighted by atomic mass is 9.81. The fourth-order valence-corrected chi connectivity index (χ4v) is 2.26. The molecule has 0 spiro atoms. The SMILES string of the molecule is CC(C)=CC[C@@H]1CCc2ccccc2C1=O. The van der Waals surface area contributed by atoms with Gasteiger partial charge in [0.25, 0.3) is 0 Å². The van der Waals surface area contributed by atoms with Crippen molar-refractivity contribution in [1.82, 2.24) is 0 Å². The van der Waals surface area contributed by atoms with Crippen molar-refractivity contribution in [2.24, 2.45) is 5.92 Å². The molecule has 1 aromatic carbocycles. The highest BCUT2D eigenvalue weighted by Crippen LogP contribution is 2.27. The third kappa shape index (κ3) is 2.24. The maximum atomic E-state index is 12.2. The molecular weight excluding hydrogens is 196 g/mol. The number of carbonyl (C=O) groups is 1. The van der Waals surface area contributed by atoms with Gasteiger partial charge in [0, 0.05) is 11.5 Å². The fourth-order valence-electron chi connectivity index (χ4n) is 2.26. The minimum Gasteiger partial charge on any atom is -0.294 e. The number of rotatable bonds is 2. The maximum absolute atomic E-state index is 12.2. The van der Waals surface area contributed by atoms with Gasteiger partial charge in [-0.25, -0.2) is 0 Å². The Balaban J connectivity index is 2.18. The van der Waals surface area contributed by atoms with E-state index in [1.54, 1.807) is 0 Å². The number of hydrogen-bond donors (Lipinski definition) is 0. The number of Topliss-reactive ketones (excluding diaryl/α,β-unsaturated/α-hetero) is 1. The summed E-state index contributed by atoms with van der Waals surface area (Å²) in [7, 11) is 0. The zero-order valence-electron chi connectivity index (χ0n) is 9.99. The van der Waals surface area contributed by atoms with Gasteiger partial charge in [-0.15, -0.1) is 0 Å². The van der Waals surface area contributed by atoms with Gasteiger partial charge in [-0.05, 0) is 38.7 Å². The molecule has 0 radical (unpaired) electrons. The summed E-state index contributed by atoms with van der Waals surface area (Å²) in [4.78, 5) is 12.2. The fraction of sp³-hybridized carbons (Fsp3) is 0.400. The molecule has 16 heavy (non-hydrogen) atoms. The first-order chi connectivity index (χ1) is 7.68. The van der Waals surface area contributed by atoms with Crippen LogP contribution in [0.25, 0.3) is 0 Å². The van der Waals surface area contributed by atoms with Crippen LogP contribution in [0.5, 0.6) is 0 Å². The molecule has 0 saturated carbocycles. The maximum Gasteiger partial charge on any atom is 0.166 e. The van der Waals surface area contributed by atoms with Crippen molar-refractivity contribution >= 4 is 5.78 Å². The van der Waals surface area contributed by atoms with Crippen molar-refractivity contribution < 1.29 is 4.79 Å². The lowest BCUT2D eigenvalue weighted by Gasteiger charge is -2.22. The molecule has 1 aromatic rings. The Morgan fingerprint density at radius 3 is 2.88 bits per heavy atom. The van der Waals surface area contributed by atoms with E-state index in [-0.39, 0.29) is 5.92 Å². The van der Waals surface area contributed by atoms with E-state index in [9.17, 15) is 4.79 Å². The topological polar surface area (TPSA) is 17.1 Å². The van der Waals surface area contributed by atoms with Crippen LogP contribution < -0.4 is 0 Å². The van der Waals surface area contributed by atoms with Gasteiger partial charge in [-0.3, -0.25) is 4.79 Å². The third-order valence-corrected chi connectivity index (χ3v) is 3.23. The van der Waals surface area contributed by atoms with E-state index >= 15 is 0 Å². The summed E-state index contributed by atoms with van der Waals surface area (Å²) in [6.07, 6.45) is 5.12. The van der Waals surface area contributed by atoms with Crippen LogP contribution in [0.4, 0.5) is 0 Å². The Labute approximate surface area is 97.2 Å². The van der Waals surface area contributed by atoms with E-state index in [0.29, 0.717) is 5.78 Å². The zero-order valence-corrected chi connectivity index (χ0v) is 9.99. The third-order valence-electron chi connectivity index (χ3n) is 3.23. The van der Waals surface area contributed by atoms with Crippen LogP contribution in [-0.2, 0) is 6.42 Å². The summed E-state index contributed by atoms with van der Waals surface area (Å²) in [6.45, 7) is 4.17. The predicted molar refractivity (Wildman–Crippen MR) is 66.6 cm³/mol. The predicted octanol–water partition coefficient (Wildman–Crippen LogP) is 3.79. The molecule has 1 aliphatic carbocycles. The lowest BCUT2D eigenvalue weighted by Crippen LogP contribution is -2.22.